The molecule has 0 saturated carbocycles. The number of aromatic amines is 1. The first-order chi connectivity index (χ1) is 18.5. The van der Waals surface area contributed by atoms with E-state index in [1.54, 1.807) is 21.6 Å². The summed E-state index contributed by atoms with van der Waals surface area (Å²) in [5.41, 5.74) is 6.23. The van der Waals surface area contributed by atoms with Crippen molar-refractivity contribution in [1.82, 2.24) is 39.6 Å². The van der Waals surface area contributed by atoms with Gasteiger partial charge in [-0.3, -0.25) is 9.78 Å². The Morgan fingerprint density at radius 3 is 2.76 bits per heavy atom. The zero-order valence-corrected chi connectivity index (χ0v) is 21.2. The van der Waals surface area contributed by atoms with Crippen molar-refractivity contribution >= 4 is 17.2 Å². The number of ether oxygens (including phenoxy) is 2. The van der Waals surface area contributed by atoms with Crippen LogP contribution in [0.5, 0.6) is 17.5 Å². The normalized spacial score (nSPS) is 14.2. The summed E-state index contributed by atoms with van der Waals surface area (Å²) in [6.45, 7) is 2.40. The molecule has 0 amide bonds. The van der Waals surface area contributed by atoms with E-state index in [4.69, 9.17) is 31.2 Å². The van der Waals surface area contributed by atoms with Gasteiger partial charge < -0.3 is 9.47 Å². The van der Waals surface area contributed by atoms with E-state index in [9.17, 15) is 0 Å². The summed E-state index contributed by atoms with van der Waals surface area (Å²) in [6, 6.07) is 15.3. The van der Waals surface area contributed by atoms with Gasteiger partial charge >= 0.3 is 0 Å². The first-order valence-electron chi connectivity index (χ1n) is 12.0. The van der Waals surface area contributed by atoms with Gasteiger partial charge in [-0.05, 0) is 30.7 Å². The molecule has 0 fully saturated rings. The Labute approximate surface area is 221 Å². The van der Waals surface area contributed by atoms with Crippen molar-refractivity contribution in [1.29, 1.82) is 0 Å². The van der Waals surface area contributed by atoms with Gasteiger partial charge in [-0.15, -0.1) is 10.2 Å². The maximum atomic E-state index is 6.08. The number of aryl methyl sites for hydroxylation is 2. The fourth-order valence-electron chi connectivity index (χ4n) is 4.78. The molecule has 1 N–H and O–H groups in total. The van der Waals surface area contributed by atoms with Crippen LogP contribution >= 0.6 is 11.6 Å². The molecule has 7 rings (SSSR count). The van der Waals surface area contributed by atoms with E-state index in [-0.39, 0.29) is 5.92 Å². The number of fused-ring (bicyclic) bond motifs is 4. The number of rotatable bonds is 5. The molecule has 10 nitrogen and oxygen atoms in total. The van der Waals surface area contributed by atoms with E-state index in [0.717, 1.165) is 39.3 Å². The molecule has 0 saturated heterocycles. The van der Waals surface area contributed by atoms with Crippen LogP contribution in [0.1, 0.15) is 33.9 Å². The molecule has 1 unspecified atom stereocenters. The Morgan fingerprint density at radius 1 is 1.11 bits per heavy atom. The van der Waals surface area contributed by atoms with Crippen molar-refractivity contribution in [2.45, 2.75) is 19.4 Å². The summed E-state index contributed by atoms with van der Waals surface area (Å²) in [6.07, 6.45) is 5.45. The fraction of sp³-hybridized carbons (Fsp3) is 0.148. The lowest BCUT2D eigenvalue weighted by Crippen LogP contribution is -2.14. The summed E-state index contributed by atoms with van der Waals surface area (Å²) >= 11 is 6.05. The highest BCUT2D eigenvalue weighted by Crippen LogP contribution is 2.48. The third kappa shape index (κ3) is 3.77. The van der Waals surface area contributed by atoms with Gasteiger partial charge in [0.05, 0.1) is 17.7 Å². The standard InChI is InChI=1S/C27H21ClN8O2/c1-15-21-22(18-11-30-35(2)12-18)23-25-31-24(34-36(25)14-29-26(23)38-27(21)33-32-15)17-8-6-16(7-9-17)13-37-20-5-3-4-19(28)10-20/h3-12,14,22H,13H2,1-2H3,(H,32,33). The van der Waals surface area contributed by atoms with Crippen molar-refractivity contribution < 1.29 is 9.47 Å². The van der Waals surface area contributed by atoms with Crippen LogP contribution in [0.3, 0.4) is 0 Å². The highest BCUT2D eigenvalue weighted by Gasteiger charge is 2.37. The molecule has 0 aliphatic carbocycles. The van der Waals surface area contributed by atoms with Crippen molar-refractivity contribution in [3.05, 3.63) is 100 Å². The first kappa shape index (κ1) is 22.5. The Kier molecular flexibility index (Phi) is 5.15. The van der Waals surface area contributed by atoms with Crippen LogP contribution < -0.4 is 9.47 Å². The van der Waals surface area contributed by atoms with E-state index >= 15 is 0 Å². The lowest BCUT2D eigenvalue weighted by atomic mass is 9.86. The van der Waals surface area contributed by atoms with Gasteiger partial charge in [0.15, 0.2) is 11.5 Å². The molecule has 0 bridgehead atoms. The summed E-state index contributed by atoms with van der Waals surface area (Å²) in [7, 11) is 1.89. The van der Waals surface area contributed by atoms with Crippen molar-refractivity contribution in [2.24, 2.45) is 7.05 Å². The molecule has 0 spiro atoms. The Bertz CT molecular complexity index is 1800. The SMILES string of the molecule is Cc1[nH]nc2c1C(c1cnn(C)c1)c1c(ncn3nc(-c4ccc(COc5cccc(Cl)c5)cc4)nc13)O2. The van der Waals surface area contributed by atoms with Gasteiger partial charge in [-0.1, -0.05) is 41.9 Å². The number of benzene rings is 2. The van der Waals surface area contributed by atoms with Crippen molar-refractivity contribution in [2.75, 3.05) is 0 Å². The van der Waals surface area contributed by atoms with Gasteiger partial charge in [-0.25, -0.2) is 14.5 Å². The van der Waals surface area contributed by atoms with E-state index < -0.39 is 0 Å². The van der Waals surface area contributed by atoms with Crippen LogP contribution in [0, 0.1) is 6.92 Å². The van der Waals surface area contributed by atoms with E-state index in [0.29, 0.717) is 34.9 Å². The quantitative estimate of drug-likeness (QED) is 0.334. The summed E-state index contributed by atoms with van der Waals surface area (Å²) in [4.78, 5) is 9.48. The molecule has 188 valence electrons. The van der Waals surface area contributed by atoms with Gasteiger partial charge in [0.2, 0.25) is 11.8 Å². The van der Waals surface area contributed by atoms with Crippen molar-refractivity contribution in [3.8, 4) is 28.9 Å². The highest BCUT2D eigenvalue weighted by molar-refractivity contribution is 6.30. The zero-order valence-electron chi connectivity index (χ0n) is 20.5. The predicted octanol–water partition coefficient (Wildman–Crippen LogP) is 5.07. The summed E-state index contributed by atoms with van der Waals surface area (Å²) in [5.74, 6) is 2.07. The molecular weight excluding hydrogens is 504 g/mol. The van der Waals surface area contributed by atoms with E-state index in [1.807, 2.05) is 68.8 Å². The van der Waals surface area contributed by atoms with Crippen LogP contribution in [-0.2, 0) is 13.7 Å². The van der Waals surface area contributed by atoms with E-state index in [2.05, 4.69) is 20.3 Å². The number of nitrogens with zero attached hydrogens (tertiary/aromatic N) is 7. The maximum absolute atomic E-state index is 6.08. The lowest BCUT2D eigenvalue weighted by Gasteiger charge is -2.24. The molecule has 1 aliphatic heterocycles. The smallest absolute Gasteiger partial charge is 0.244 e. The molecule has 38 heavy (non-hydrogen) atoms. The number of aromatic nitrogens is 8. The fourth-order valence-corrected chi connectivity index (χ4v) is 4.96. The predicted molar refractivity (Wildman–Crippen MR) is 140 cm³/mol. The molecule has 2 aromatic carbocycles. The highest BCUT2D eigenvalue weighted by atomic mass is 35.5. The van der Waals surface area contributed by atoms with Crippen LogP contribution in [-0.4, -0.2) is 39.6 Å². The van der Waals surface area contributed by atoms with Gasteiger partial charge in [-0.2, -0.15) is 5.10 Å². The third-order valence-corrected chi connectivity index (χ3v) is 6.82. The molecule has 5 heterocycles. The maximum Gasteiger partial charge on any atom is 0.244 e. The first-order valence-corrected chi connectivity index (χ1v) is 12.4. The van der Waals surface area contributed by atoms with Gasteiger partial charge in [0.25, 0.3) is 0 Å². The molecule has 1 atom stereocenters. The minimum atomic E-state index is -0.208. The Morgan fingerprint density at radius 2 is 1.97 bits per heavy atom. The molecule has 11 heteroatoms. The number of nitrogens with one attached hydrogen (secondary N) is 1. The van der Waals surface area contributed by atoms with Gasteiger partial charge in [0.1, 0.15) is 18.7 Å². The lowest BCUT2D eigenvalue weighted by molar-refractivity contribution is 0.306. The number of halogens is 1. The Balaban J connectivity index is 1.25. The average molecular weight is 525 g/mol. The summed E-state index contributed by atoms with van der Waals surface area (Å²) in [5, 5.41) is 17.1. The number of hydrogen-bond acceptors (Lipinski definition) is 7. The molecule has 1 aliphatic rings. The van der Waals surface area contributed by atoms with Crippen molar-refractivity contribution in [3.63, 3.8) is 0 Å². The van der Waals surface area contributed by atoms with Crippen LogP contribution in [0.4, 0.5) is 0 Å². The second-order valence-electron chi connectivity index (χ2n) is 9.16. The molecule has 6 aromatic rings. The second kappa shape index (κ2) is 8.70. The number of H-pyrrole nitrogens is 1. The summed E-state index contributed by atoms with van der Waals surface area (Å²) < 4.78 is 15.4. The molecular formula is C27H21ClN8O2. The van der Waals surface area contributed by atoms with Crippen LogP contribution in [0.15, 0.2) is 67.3 Å². The monoisotopic (exact) mass is 524 g/mol. The molecule has 0 radical (unpaired) electrons. The average Bonchev–Trinajstić information content (AvgIpc) is 3.65. The Hall–Kier alpha value is -4.70. The van der Waals surface area contributed by atoms with Crippen LogP contribution in [0.2, 0.25) is 5.02 Å². The molecule has 4 aromatic heterocycles. The largest absolute Gasteiger partial charge is 0.489 e. The minimum absolute atomic E-state index is 0.208. The van der Waals surface area contributed by atoms with Crippen LogP contribution in [0.25, 0.3) is 17.0 Å². The second-order valence-corrected chi connectivity index (χ2v) is 9.60. The topological polar surface area (TPSA) is 108 Å². The number of hydrogen-bond donors (Lipinski definition) is 1. The third-order valence-electron chi connectivity index (χ3n) is 6.59. The zero-order chi connectivity index (χ0) is 25.8. The minimum Gasteiger partial charge on any atom is -0.489 e. The van der Waals surface area contributed by atoms with Gasteiger partial charge in [0, 0.05) is 40.7 Å². The van der Waals surface area contributed by atoms with E-state index in [1.165, 1.54) is 0 Å².